The van der Waals surface area contributed by atoms with Crippen LogP contribution >= 0.6 is 15.6 Å². The summed E-state index contributed by atoms with van der Waals surface area (Å²) in [6, 6.07) is 0. The molecule has 7 heteroatoms. The van der Waals surface area contributed by atoms with Crippen molar-refractivity contribution in [1.29, 1.82) is 0 Å². The monoisotopic (exact) mass is 184 g/mol. The Morgan fingerprint density at radius 3 is 2.40 bits per heavy atom. The van der Waals surface area contributed by atoms with Gasteiger partial charge in [0.1, 0.15) is 5.82 Å². The molecule has 0 aliphatic heterocycles. The second-order valence-corrected chi connectivity index (χ2v) is 4.08. The van der Waals surface area contributed by atoms with Gasteiger partial charge in [-0.1, -0.05) is 4.57 Å². The van der Waals surface area contributed by atoms with E-state index in [-0.39, 0.29) is 0 Å². The molecule has 5 nitrogen and oxygen atoms in total. The van der Waals surface area contributed by atoms with Crippen molar-refractivity contribution in [3.05, 3.63) is 11.9 Å². The van der Waals surface area contributed by atoms with E-state index in [0.29, 0.717) is 0 Å². The van der Waals surface area contributed by atoms with Crippen LogP contribution < -0.4 is 4.89 Å². The average Bonchev–Trinajstić information content (AvgIpc) is 1.59. The van der Waals surface area contributed by atoms with Crippen molar-refractivity contribution in [3.8, 4) is 0 Å². The van der Waals surface area contributed by atoms with Gasteiger partial charge in [-0.2, -0.15) is 0 Å². The minimum absolute atomic E-state index is 0.531. The molecule has 1 atom stereocenters. The summed E-state index contributed by atoms with van der Waals surface area (Å²) in [5, 5.41) is 0. The van der Waals surface area contributed by atoms with Crippen LogP contribution in [-0.2, 0) is 9.13 Å². The van der Waals surface area contributed by atoms with Gasteiger partial charge < -0.3 is 14.7 Å². The molecule has 1 unspecified atom stereocenters. The third-order valence-electron chi connectivity index (χ3n) is 0.570. The van der Waals surface area contributed by atoms with Gasteiger partial charge >= 0.3 is 15.6 Å². The Balaban J connectivity index is 3.76. The van der Waals surface area contributed by atoms with Gasteiger partial charge in [-0.15, -0.1) is 0 Å². The second kappa shape index (κ2) is 3.96. The fraction of sp³-hybridized carbons (Fsp3) is 0.333. The summed E-state index contributed by atoms with van der Waals surface area (Å²) in [5.41, 5.74) is 0. The topological polar surface area (TPSA) is 97.7 Å². The van der Waals surface area contributed by atoms with Gasteiger partial charge in [0.2, 0.25) is 0 Å². The molecule has 0 radical (unpaired) electrons. The number of hydrogen-bond acceptors (Lipinski definition) is 3. The predicted molar refractivity (Wildman–Crippen MR) is 33.7 cm³/mol. The maximum atomic E-state index is 10.1. The van der Waals surface area contributed by atoms with E-state index in [9.17, 15) is 14.0 Å². The molecular weight excluding hydrogens is 178 g/mol. The van der Waals surface area contributed by atoms with Crippen LogP contribution in [0.15, 0.2) is 11.9 Å². The molecule has 0 aromatic rings. The predicted octanol–water partition coefficient (Wildman–Crippen LogP) is -0.220. The van der Waals surface area contributed by atoms with Gasteiger partial charge in [0.05, 0.1) is 6.16 Å². The van der Waals surface area contributed by atoms with Crippen LogP contribution in [0.2, 0.25) is 0 Å². The number of allylic oxidation sites excluding steroid dienone is 1. The SMILES string of the molecule is O=[P+]([O-])C=CCP(=O)(O)O. The van der Waals surface area contributed by atoms with Crippen molar-refractivity contribution in [3.63, 3.8) is 0 Å². The molecule has 0 bridgehead atoms. The smallest absolute Gasteiger partial charge is 0.340 e. The molecule has 0 saturated heterocycles. The molecule has 0 aliphatic carbocycles. The second-order valence-electron chi connectivity index (χ2n) is 1.52. The van der Waals surface area contributed by atoms with E-state index in [4.69, 9.17) is 9.79 Å². The van der Waals surface area contributed by atoms with Gasteiger partial charge in [-0.3, -0.25) is 4.57 Å². The molecule has 0 fully saturated rings. The lowest BCUT2D eigenvalue weighted by atomic mass is 10.8. The molecule has 2 N–H and O–H groups in total. The van der Waals surface area contributed by atoms with E-state index >= 15 is 0 Å². The molecule has 0 spiro atoms. The summed E-state index contributed by atoms with van der Waals surface area (Å²) in [5.74, 6) is 0.731. The zero-order valence-electron chi connectivity index (χ0n) is 4.88. The van der Waals surface area contributed by atoms with E-state index < -0.39 is 21.8 Å². The standard InChI is InChI=1S/C3H6O5P2/c4-9(5)2-1-3-10(6,7)8/h1-2H,3H2,(H2,6,7,8). The van der Waals surface area contributed by atoms with Crippen LogP contribution in [0.4, 0.5) is 0 Å². The Morgan fingerprint density at radius 2 is 2.10 bits per heavy atom. The normalized spacial score (nSPS) is 14.1. The first-order valence-corrected chi connectivity index (χ1v) is 5.31. The highest BCUT2D eigenvalue weighted by Crippen LogP contribution is 2.34. The Hall–Kier alpha value is -0.0500. The van der Waals surface area contributed by atoms with Crippen LogP contribution in [0.25, 0.3) is 0 Å². The zero-order valence-corrected chi connectivity index (χ0v) is 6.66. The molecule has 0 saturated carbocycles. The lowest BCUT2D eigenvalue weighted by Gasteiger charge is -1.94. The lowest BCUT2D eigenvalue weighted by Crippen LogP contribution is -1.83. The Kier molecular flexibility index (Phi) is 3.94. The molecule has 58 valence electrons. The van der Waals surface area contributed by atoms with Crippen molar-refractivity contribution >= 4 is 15.6 Å². The fourth-order valence-corrected chi connectivity index (χ4v) is 1.09. The zero-order chi connectivity index (χ0) is 8.20. The van der Waals surface area contributed by atoms with Gasteiger partial charge in [0.15, 0.2) is 0 Å². The number of hydrogen-bond donors (Lipinski definition) is 2. The largest absolute Gasteiger partial charge is 0.591 e. The molecule has 0 amide bonds. The lowest BCUT2D eigenvalue weighted by molar-refractivity contribution is -0.161. The summed E-state index contributed by atoms with van der Waals surface area (Å²) >= 11 is 0. The van der Waals surface area contributed by atoms with Crippen molar-refractivity contribution < 1.29 is 23.8 Å². The first-order chi connectivity index (χ1) is 4.42. The van der Waals surface area contributed by atoms with E-state index in [1.807, 2.05) is 0 Å². The van der Waals surface area contributed by atoms with E-state index in [1.165, 1.54) is 0 Å². The molecule has 0 rings (SSSR count). The molecule has 0 aliphatic rings. The van der Waals surface area contributed by atoms with Crippen LogP contribution in [0.5, 0.6) is 0 Å². The highest BCUT2D eigenvalue weighted by atomic mass is 31.2. The van der Waals surface area contributed by atoms with Crippen LogP contribution in [0.1, 0.15) is 0 Å². The van der Waals surface area contributed by atoms with E-state index in [1.54, 1.807) is 0 Å². The minimum Gasteiger partial charge on any atom is -0.591 e. The van der Waals surface area contributed by atoms with Crippen LogP contribution in [-0.4, -0.2) is 15.9 Å². The van der Waals surface area contributed by atoms with Gasteiger partial charge in [0, 0.05) is 0 Å². The Bertz CT molecular complexity index is 191. The molecular formula is C3H6O5P2. The molecule has 0 heterocycles. The first kappa shape index (κ1) is 9.95. The quantitative estimate of drug-likeness (QED) is 0.590. The van der Waals surface area contributed by atoms with Crippen molar-refractivity contribution in [2.24, 2.45) is 0 Å². The van der Waals surface area contributed by atoms with Crippen molar-refractivity contribution in [1.82, 2.24) is 0 Å². The van der Waals surface area contributed by atoms with Gasteiger partial charge in [-0.25, -0.2) is 0 Å². The highest BCUT2D eigenvalue weighted by molar-refractivity contribution is 7.52. The Labute approximate surface area is 58.4 Å². The molecule has 0 aromatic heterocycles. The fourth-order valence-electron chi connectivity index (χ4n) is 0.271. The van der Waals surface area contributed by atoms with E-state index in [2.05, 4.69) is 0 Å². The third-order valence-corrected chi connectivity index (χ3v) is 1.71. The van der Waals surface area contributed by atoms with Gasteiger partial charge in [-0.05, 0) is 6.08 Å². The Morgan fingerprint density at radius 1 is 1.60 bits per heavy atom. The average molecular weight is 184 g/mol. The summed E-state index contributed by atoms with van der Waals surface area (Å²) in [4.78, 5) is 26.2. The minimum atomic E-state index is -4.08. The van der Waals surface area contributed by atoms with Crippen molar-refractivity contribution in [2.75, 3.05) is 6.16 Å². The number of rotatable bonds is 3. The van der Waals surface area contributed by atoms with Gasteiger partial charge in [0.25, 0.3) is 0 Å². The first-order valence-electron chi connectivity index (χ1n) is 2.26. The van der Waals surface area contributed by atoms with Crippen molar-refractivity contribution in [2.45, 2.75) is 0 Å². The third kappa shape index (κ3) is 7.95. The summed E-state index contributed by atoms with van der Waals surface area (Å²) < 4.78 is 19.8. The summed E-state index contributed by atoms with van der Waals surface area (Å²) in [6.45, 7) is 0. The highest BCUT2D eigenvalue weighted by Gasteiger charge is 2.09. The van der Waals surface area contributed by atoms with E-state index in [0.717, 1.165) is 11.9 Å². The maximum absolute atomic E-state index is 10.1. The molecule has 0 aromatic carbocycles. The van der Waals surface area contributed by atoms with Crippen LogP contribution in [0, 0.1) is 0 Å². The maximum Gasteiger partial charge on any atom is 0.340 e. The molecule has 10 heavy (non-hydrogen) atoms. The van der Waals surface area contributed by atoms with Crippen LogP contribution in [0.3, 0.4) is 0 Å². The summed E-state index contributed by atoms with van der Waals surface area (Å²) in [6.07, 6.45) is 0.392. The summed E-state index contributed by atoms with van der Waals surface area (Å²) in [7, 11) is -6.75.